The number of fused-ring (bicyclic) bond motifs is 2. The third kappa shape index (κ3) is 3.82. The van der Waals surface area contributed by atoms with Crippen LogP contribution in [-0.2, 0) is 0 Å². The first-order valence-electron chi connectivity index (χ1n) is 11.5. The summed E-state index contributed by atoms with van der Waals surface area (Å²) in [6.45, 7) is 2.16. The number of nitrogens with one attached hydrogen (secondary N) is 1. The Morgan fingerprint density at radius 1 is 1.24 bits per heavy atom. The van der Waals surface area contributed by atoms with Gasteiger partial charge in [0, 0.05) is 30.0 Å². The summed E-state index contributed by atoms with van der Waals surface area (Å²) in [7, 11) is 0. The van der Waals surface area contributed by atoms with Crippen molar-refractivity contribution >= 4 is 28.1 Å². The number of hydrogen-bond donors (Lipinski definition) is 2. The van der Waals surface area contributed by atoms with E-state index in [9.17, 15) is 9.90 Å². The standard InChI is InChI=1S/C24H26N6O3/c1-14-9-16(31)3-6-21(14)30-13-15-10-18(22(11-19(15)28-30)33-17-4-5-17)24(32)27-20-12-26-29-8-2-7-25-23(20)29/h2,7-8,10-14,16-17,21,31H,3-6,9H2,1H3,(H,27,32)/t14-,16?,21-/m0/s1. The van der Waals surface area contributed by atoms with Crippen molar-refractivity contribution in [3.8, 4) is 5.75 Å². The van der Waals surface area contributed by atoms with E-state index in [-0.39, 0.29) is 24.2 Å². The molecule has 3 atom stereocenters. The summed E-state index contributed by atoms with van der Waals surface area (Å²) in [6, 6.07) is 5.74. The van der Waals surface area contributed by atoms with Crippen LogP contribution in [0.2, 0.25) is 0 Å². The fourth-order valence-electron chi connectivity index (χ4n) is 4.73. The van der Waals surface area contributed by atoms with Crippen LogP contribution in [0.5, 0.6) is 5.75 Å². The van der Waals surface area contributed by atoms with E-state index in [2.05, 4.69) is 22.3 Å². The molecule has 6 rings (SSSR count). The van der Waals surface area contributed by atoms with Gasteiger partial charge in [-0.05, 0) is 50.2 Å². The van der Waals surface area contributed by atoms with Crippen LogP contribution in [0.15, 0.2) is 43.0 Å². The summed E-state index contributed by atoms with van der Waals surface area (Å²) >= 11 is 0. The monoisotopic (exact) mass is 446 g/mol. The Bertz CT molecular complexity index is 1340. The summed E-state index contributed by atoms with van der Waals surface area (Å²) < 4.78 is 9.72. The van der Waals surface area contributed by atoms with E-state index >= 15 is 0 Å². The number of anilines is 1. The molecule has 2 aliphatic carbocycles. The minimum Gasteiger partial charge on any atom is -0.490 e. The SMILES string of the molecule is C[C@H]1CC(O)CC[C@@H]1n1cc2cc(C(=O)Nc3cnn4cccnc34)c(OC3CC3)cc2n1. The summed E-state index contributed by atoms with van der Waals surface area (Å²) in [5, 5.41) is 22.9. The number of benzene rings is 1. The third-order valence-corrected chi connectivity index (χ3v) is 6.65. The number of aliphatic hydroxyl groups is 1. The Morgan fingerprint density at radius 3 is 2.94 bits per heavy atom. The first-order valence-corrected chi connectivity index (χ1v) is 11.5. The summed E-state index contributed by atoms with van der Waals surface area (Å²) in [4.78, 5) is 17.6. The van der Waals surface area contributed by atoms with Crippen LogP contribution < -0.4 is 10.1 Å². The van der Waals surface area contributed by atoms with Gasteiger partial charge in [-0.1, -0.05) is 6.92 Å². The average Bonchev–Trinajstić information content (AvgIpc) is 3.38. The largest absolute Gasteiger partial charge is 0.490 e. The van der Waals surface area contributed by atoms with Crippen molar-refractivity contribution in [2.75, 3.05) is 5.32 Å². The molecule has 4 aromatic rings. The van der Waals surface area contributed by atoms with Crippen LogP contribution in [0.1, 0.15) is 55.4 Å². The molecule has 0 saturated heterocycles. The Labute approximate surface area is 190 Å². The van der Waals surface area contributed by atoms with E-state index < -0.39 is 0 Å². The van der Waals surface area contributed by atoms with E-state index in [0.29, 0.717) is 28.6 Å². The number of rotatable bonds is 5. The molecular formula is C24H26N6O3. The highest BCUT2D eigenvalue weighted by atomic mass is 16.5. The highest BCUT2D eigenvalue weighted by Crippen LogP contribution is 2.36. The maximum Gasteiger partial charge on any atom is 0.259 e. The normalized spacial score (nSPS) is 23.2. The van der Waals surface area contributed by atoms with Gasteiger partial charge >= 0.3 is 0 Å². The molecule has 9 nitrogen and oxygen atoms in total. The van der Waals surface area contributed by atoms with Crippen LogP contribution in [0.25, 0.3) is 16.6 Å². The molecule has 1 aromatic carbocycles. The van der Waals surface area contributed by atoms with Gasteiger partial charge in [0.05, 0.1) is 35.5 Å². The van der Waals surface area contributed by atoms with Gasteiger partial charge in [-0.15, -0.1) is 0 Å². The minimum absolute atomic E-state index is 0.148. The maximum atomic E-state index is 13.3. The van der Waals surface area contributed by atoms with Crippen molar-refractivity contribution in [3.63, 3.8) is 0 Å². The van der Waals surface area contributed by atoms with E-state index in [1.807, 2.05) is 23.0 Å². The van der Waals surface area contributed by atoms with Gasteiger partial charge in [0.2, 0.25) is 0 Å². The van der Waals surface area contributed by atoms with Crippen molar-refractivity contribution < 1.29 is 14.6 Å². The predicted molar refractivity (Wildman–Crippen MR) is 122 cm³/mol. The van der Waals surface area contributed by atoms with E-state index in [4.69, 9.17) is 9.84 Å². The lowest BCUT2D eigenvalue weighted by Gasteiger charge is -2.31. The second kappa shape index (κ2) is 7.84. The van der Waals surface area contributed by atoms with E-state index in [1.165, 1.54) is 0 Å². The van der Waals surface area contributed by atoms with Gasteiger partial charge in [0.15, 0.2) is 5.65 Å². The number of amides is 1. The third-order valence-electron chi connectivity index (χ3n) is 6.65. The van der Waals surface area contributed by atoms with Gasteiger partial charge in [-0.25, -0.2) is 9.50 Å². The lowest BCUT2D eigenvalue weighted by molar-refractivity contribution is 0.0750. The molecule has 9 heteroatoms. The molecule has 1 unspecified atom stereocenters. The minimum atomic E-state index is -0.269. The lowest BCUT2D eigenvalue weighted by atomic mass is 9.84. The molecule has 3 aromatic heterocycles. The Morgan fingerprint density at radius 2 is 2.12 bits per heavy atom. The molecule has 0 bridgehead atoms. The van der Waals surface area contributed by atoms with Crippen LogP contribution in [-0.4, -0.2) is 47.6 Å². The number of ether oxygens (including phenoxy) is 1. The van der Waals surface area contributed by atoms with Crippen molar-refractivity contribution in [3.05, 3.63) is 48.5 Å². The number of aliphatic hydroxyl groups excluding tert-OH is 1. The summed E-state index contributed by atoms with van der Waals surface area (Å²) in [5.41, 5.74) is 2.40. The maximum absolute atomic E-state index is 13.3. The zero-order chi connectivity index (χ0) is 22.5. The molecule has 0 spiro atoms. The zero-order valence-corrected chi connectivity index (χ0v) is 18.4. The molecule has 0 aliphatic heterocycles. The van der Waals surface area contributed by atoms with Gasteiger partial charge in [-0.2, -0.15) is 10.2 Å². The number of nitrogens with zero attached hydrogens (tertiary/aromatic N) is 5. The molecule has 2 saturated carbocycles. The smallest absolute Gasteiger partial charge is 0.259 e. The van der Waals surface area contributed by atoms with Crippen LogP contribution in [0.4, 0.5) is 5.69 Å². The van der Waals surface area contributed by atoms with Crippen molar-refractivity contribution in [2.24, 2.45) is 5.92 Å². The zero-order valence-electron chi connectivity index (χ0n) is 18.4. The van der Waals surface area contributed by atoms with Crippen LogP contribution >= 0.6 is 0 Å². The molecule has 2 aliphatic rings. The molecule has 3 heterocycles. The molecule has 170 valence electrons. The molecule has 2 N–H and O–H groups in total. The number of aromatic nitrogens is 5. The van der Waals surface area contributed by atoms with Crippen molar-refractivity contribution in [2.45, 2.75) is 57.3 Å². The van der Waals surface area contributed by atoms with Gasteiger partial charge in [0.25, 0.3) is 5.91 Å². The summed E-state index contributed by atoms with van der Waals surface area (Å²) in [6.07, 6.45) is 11.4. The van der Waals surface area contributed by atoms with E-state index in [1.54, 1.807) is 29.2 Å². The first kappa shape index (κ1) is 20.2. The van der Waals surface area contributed by atoms with Crippen molar-refractivity contribution in [1.29, 1.82) is 0 Å². The second-order valence-electron chi connectivity index (χ2n) is 9.25. The van der Waals surface area contributed by atoms with Gasteiger partial charge < -0.3 is 15.2 Å². The second-order valence-corrected chi connectivity index (χ2v) is 9.25. The van der Waals surface area contributed by atoms with Crippen molar-refractivity contribution in [1.82, 2.24) is 24.4 Å². The Balaban J connectivity index is 1.35. The number of hydrogen-bond acceptors (Lipinski definition) is 6. The Kier molecular flexibility index (Phi) is 4.79. The molecular weight excluding hydrogens is 420 g/mol. The number of carbonyl (C=O) groups excluding carboxylic acids is 1. The average molecular weight is 447 g/mol. The van der Waals surface area contributed by atoms with Crippen LogP contribution in [0, 0.1) is 5.92 Å². The predicted octanol–water partition coefficient (Wildman–Crippen LogP) is 3.59. The fourth-order valence-corrected chi connectivity index (χ4v) is 4.73. The van der Waals surface area contributed by atoms with Gasteiger partial charge in [-0.3, -0.25) is 9.48 Å². The molecule has 33 heavy (non-hydrogen) atoms. The molecule has 0 radical (unpaired) electrons. The fraction of sp³-hybridized carbons (Fsp3) is 0.417. The highest BCUT2D eigenvalue weighted by molar-refractivity contribution is 6.09. The van der Waals surface area contributed by atoms with Crippen LogP contribution in [0.3, 0.4) is 0 Å². The topological polar surface area (TPSA) is 107 Å². The molecule has 1 amide bonds. The molecule has 2 fully saturated rings. The Hall–Kier alpha value is -3.46. The lowest BCUT2D eigenvalue weighted by Crippen LogP contribution is -2.28. The first-order chi connectivity index (χ1) is 16.0. The quantitative estimate of drug-likeness (QED) is 0.485. The number of carbonyl (C=O) groups is 1. The van der Waals surface area contributed by atoms with Gasteiger partial charge in [0.1, 0.15) is 11.4 Å². The van der Waals surface area contributed by atoms with E-state index in [0.717, 1.165) is 43.0 Å². The summed E-state index contributed by atoms with van der Waals surface area (Å²) in [5.74, 6) is 0.607. The highest BCUT2D eigenvalue weighted by Gasteiger charge is 2.30.